The van der Waals surface area contributed by atoms with Gasteiger partial charge in [-0.05, 0) is 29.3 Å². The number of hydrogen-bond donors (Lipinski definition) is 1. The molecule has 0 radical (unpaired) electrons. The fraction of sp³-hybridized carbons (Fsp3) is 0. The van der Waals surface area contributed by atoms with E-state index in [1.54, 1.807) is 24.3 Å². The predicted molar refractivity (Wildman–Crippen MR) is 70.2 cm³/mol. The van der Waals surface area contributed by atoms with Crippen molar-refractivity contribution in [1.29, 1.82) is 5.26 Å². The van der Waals surface area contributed by atoms with E-state index in [0.717, 1.165) is 6.07 Å². The monoisotopic (exact) mass is 268 g/mol. The zero-order valence-corrected chi connectivity index (χ0v) is 10.1. The van der Waals surface area contributed by atoms with Crippen LogP contribution in [0.1, 0.15) is 15.9 Å². The van der Waals surface area contributed by atoms with E-state index in [1.807, 2.05) is 6.07 Å². The Morgan fingerprint density at radius 1 is 1.20 bits per heavy atom. The number of hydrogen-bond acceptors (Lipinski definition) is 4. The normalized spacial score (nSPS) is 9.75. The Bertz CT molecular complexity index is 715. The van der Waals surface area contributed by atoms with Crippen molar-refractivity contribution >= 4 is 11.7 Å². The molecule has 0 aliphatic rings. The molecule has 1 N–H and O–H groups in total. The highest BCUT2D eigenvalue weighted by Crippen LogP contribution is 2.26. The standard InChI is InChI=1S/C14H8N2O4/c15-8-9-2-1-3-10(4-9)11-5-12(14(17)18)7-13(6-11)16(19)20/h1-7H,(H,17,18). The average molecular weight is 268 g/mol. The summed E-state index contributed by atoms with van der Waals surface area (Å²) < 4.78 is 0. The zero-order valence-electron chi connectivity index (χ0n) is 10.1. The van der Waals surface area contributed by atoms with Crippen molar-refractivity contribution in [2.45, 2.75) is 0 Å². The van der Waals surface area contributed by atoms with Crippen molar-refractivity contribution in [3.63, 3.8) is 0 Å². The van der Waals surface area contributed by atoms with E-state index in [0.29, 0.717) is 16.7 Å². The first-order valence-electron chi connectivity index (χ1n) is 5.54. The second kappa shape index (κ2) is 5.20. The van der Waals surface area contributed by atoms with Crippen LogP contribution in [0.3, 0.4) is 0 Å². The number of carbonyl (C=O) groups is 1. The van der Waals surface area contributed by atoms with Crippen LogP contribution in [0.15, 0.2) is 42.5 Å². The lowest BCUT2D eigenvalue weighted by molar-refractivity contribution is -0.384. The molecule has 2 aromatic carbocycles. The molecule has 0 heterocycles. The van der Waals surface area contributed by atoms with Gasteiger partial charge in [-0.15, -0.1) is 0 Å². The van der Waals surface area contributed by atoms with E-state index in [4.69, 9.17) is 10.4 Å². The van der Waals surface area contributed by atoms with Crippen LogP contribution in [-0.2, 0) is 0 Å². The highest BCUT2D eigenvalue weighted by Gasteiger charge is 2.14. The van der Waals surface area contributed by atoms with Gasteiger partial charge in [-0.1, -0.05) is 12.1 Å². The van der Waals surface area contributed by atoms with Gasteiger partial charge in [0.15, 0.2) is 0 Å². The molecule has 20 heavy (non-hydrogen) atoms. The van der Waals surface area contributed by atoms with Gasteiger partial charge in [-0.2, -0.15) is 5.26 Å². The maximum atomic E-state index is 11.0. The summed E-state index contributed by atoms with van der Waals surface area (Å²) in [6, 6.07) is 12.0. The number of non-ortho nitro benzene ring substituents is 1. The maximum Gasteiger partial charge on any atom is 0.335 e. The van der Waals surface area contributed by atoms with Crippen molar-refractivity contribution in [3.05, 3.63) is 63.7 Å². The Morgan fingerprint density at radius 3 is 2.55 bits per heavy atom. The van der Waals surface area contributed by atoms with E-state index in [-0.39, 0.29) is 11.3 Å². The first-order valence-corrected chi connectivity index (χ1v) is 5.54. The van der Waals surface area contributed by atoms with Crippen molar-refractivity contribution < 1.29 is 14.8 Å². The molecule has 98 valence electrons. The summed E-state index contributed by atoms with van der Waals surface area (Å²) in [6.07, 6.45) is 0. The smallest absolute Gasteiger partial charge is 0.335 e. The predicted octanol–water partition coefficient (Wildman–Crippen LogP) is 2.83. The molecule has 0 amide bonds. The average Bonchev–Trinajstić information content (AvgIpc) is 2.46. The molecule has 0 atom stereocenters. The molecule has 6 nitrogen and oxygen atoms in total. The van der Waals surface area contributed by atoms with Crippen molar-refractivity contribution in [2.24, 2.45) is 0 Å². The number of nitro groups is 1. The molecule has 0 aromatic heterocycles. The molecule has 0 unspecified atom stereocenters. The van der Waals surface area contributed by atoms with E-state index < -0.39 is 10.9 Å². The summed E-state index contributed by atoms with van der Waals surface area (Å²) in [5.41, 5.74) is 0.855. The third kappa shape index (κ3) is 2.62. The summed E-state index contributed by atoms with van der Waals surface area (Å²) in [4.78, 5) is 21.2. The summed E-state index contributed by atoms with van der Waals surface area (Å²) in [5.74, 6) is -1.24. The van der Waals surface area contributed by atoms with Gasteiger partial charge in [-0.3, -0.25) is 10.1 Å². The lowest BCUT2D eigenvalue weighted by Gasteiger charge is -2.04. The SMILES string of the molecule is N#Cc1cccc(-c2cc(C(=O)O)cc([N+](=O)[O-])c2)c1. The molecule has 2 aromatic rings. The van der Waals surface area contributed by atoms with E-state index >= 15 is 0 Å². The maximum absolute atomic E-state index is 11.0. The number of benzene rings is 2. The van der Waals surface area contributed by atoms with Gasteiger partial charge in [0, 0.05) is 12.1 Å². The van der Waals surface area contributed by atoms with E-state index in [9.17, 15) is 14.9 Å². The van der Waals surface area contributed by atoms with Gasteiger partial charge in [0.1, 0.15) is 0 Å². The highest BCUT2D eigenvalue weighted by molar-refractivity contribution is 5.90. The quantitative estimate of drug-likeness (QED) is 0.680. The van der Waals surface area contributed by atoms with E-state index in [1.165, 1.54) is 12.1 Å². The molecule has 0 fully saturated rings. The third-order valence-corrected chi connectivity index (χ3v) is 2.70. The van der Waals surface area contributed by atoms with Crippen molar-refractivity contribution in [1.82, 2.24) is 0 Å². The van der Waals surface area contributed by atoms with Crippen LogP contribution < -0.4 is 0 Å². The third-order valence-electron chi connectivity index (χ3n) is 2.70. The van der Waals surface area contributed by atoms with Crippen molar-refractivity contribution in [3.8, 4) is 17.2 Å². The molecule has 0 aliphatic heterocycles. The summed E-state index contributed by atoms with van der Waals surface area (Å²) in [7, 11) is 0. The molecule has 0 spiro atoms. The topological polar surface area (TPSA) is 104 Å². The molecule has 0 bridgehead atoms. The van der Waals surface area contributed by atoms with Crippen LogP contribution in [-0.4, -0.2) is 16.0 Å². The largest absolute Gasteiger partial charge is 0.478 e. The van der Waals surface area contributed by atoms with Crippen LogP contribution in [0.5, 0.6) is 0 Å². The molecule has 0 aliphatic carbocycles. The number of nitrogens with zero attached hydrogens (tertiary/aromatic N) is 2. The van der Waals surface area contributed by atoms with Gasteiger partial charge in [0.25, 0.3) is 5.69 Å². The van der Waals surface area contributed by atoms with Crippen LogP contribution >= 0.6 is 0 Å². The Kier molecular flexibility index (Phi) is 3.44. The van der Waals surface area contributed by atoms with Gasteiger partial charge in [0.05, 0.1) is 22.1 Å². The Morgan fingerprint density at radius 2 is 1.95 bits per heavy atom. The zero-order chi connectivity index (χ0) is 14.7. The summed E-state index contributed by atoms with van der Waals surface area (Å²) >= 11 is 0. The minimum Gasteiger partial charge on any atom is -0.478 e. The molecule has 2 rings (SSSR count). The Hall–Kier alpha value is -3.20. The van der Waals surface area contributed by atoms with Crippen LogP contribution in [0.2, 0.25) is 0 Å². The summed E-state index contributed by atoms with van der Waals surface area (Å²) in [5, 5.41) is 28.7. The second-order valence-corrected chi connectivity index (χ2v) is 4.02. The number of aromatic carboxylic acids is 1. The van der Waals surface area contributed by atoms with Gasteiger partial charge < -0.3 is 5.11 Å². The van der Waals surface area contributed by atoms with Crippen LogP contribution in [0.4, 0.5) is 5.69 Å². The number of carboxylic acid groups (broad SMARTS) is 1. The minimum atomic E-state index is -1.24. The Balaban J connectivity index is 2.63. The first kappa shape index (κ1) is 13.2. The highest BCUT2D eigenvalue weighted by atomic mass is 16.6. The lowest BCUT2D eigenvalue weighted by atomic mass is 10.0. The van der Waals surface area contributed by atoms with Crippen LogP contribution in [0, 0.1) is 21.4 Å². The number of nitro benzene ring substituents is 1. The minimum absolute atomic E-state index is 0.170. The fourth-order valence-corrected chi connectivity index (χ4v) is 1.78. The van der Waals surface area contributed by atoms with Gasteiger partial charge in [0.2, 0.25) is 0 Å². The number of carboxylic acids is 1. The van der Waals surface area contributed by atoms with Crippen molar-refractivity contribution in [2.75, 3.05) is 0 Å². The number of nitriles is 1. The second-order valence-electron chi connectivity index (χ2n) is 4.02. The van der Waals surface area contributed by atoms with Gasteiger partial charge in [-0.25, -0.2) is 4.79 Å². The van der Waals surface area contributed by atoms with Gasteiger partial charge >= 0.3 is 5.97 Å². The molecule has 0 saturated carbocycles. The Labute approximate surface area is 113 Å². The summed E-state index contributed by atoms with van der Waals surface area (Å²) in [6.45, 7) is 0. The molecular weight excluding hydrogens is 260 g/mol. The molecule has 6 heteroatoms. The van der Waals surface area contributed by atoms with E-state index in [2.05, 4.69) is 0 Å². The number of rotatable bonds is 3. The lowest BCUT2D eigenvalue weighted by Crippen LogP contribution is -1.99. The van der Waals surface area contributed by atoms with Crippen LogP contribution in [0.25, 0.3) is 11.1 Å². The molecular formula is C14H8N2O4. The fourth-order valence-electron chi connectivity index (χ4n) is 1.78. The molecule has 0 saturated heterocycles. The first-order chi connectivity index (χ1) is 9.51.